The molecule has 0 spiro atoms. The van der Waals surface area contributed by atoms with E-state index < -0.39 is 0 Å². The predicted octanol–water partition coefficient (Wildman–Crippen LogP) is 15.6. The molecule has 0 aromatic heterocycles. The van der Waals surface area contributed by atoms with E-state index in [4.69, 9.17) is 0 Å². The van der Waals surface area contributed by atoms with Crippen molar-refractivity contribution in [3.8, 4) is 11.1 Å². The summed E-state index contributed by atoms with van der Waals surface area (Å²) in [6.07, 6.45) is 0. The van der Waals surface area contributed by atoms with Crippen LogP contribution in [0, 0.1) is 13.8 Å². The van der Waals surface area contributed by atoms with Gasteiger partial charge in [-0.1, -0.05) is 243 Å². The first-order chi connectivity index (χ1) is 20.8. The van der Waals surface area contributed by atoms with Crippen molar-refractivity contribution in [2.45, 2.75) is 125 Å². The summed E-state index contributed by atoms with van der Waals surface area (Å²) >= 11 is 0. The monoisotopic (exact) mass is 579 g/mol. The standard InChI is InChI=1S/C12H10.2C7H8.8C2H6/c1-3-7-11(8-4-1)12-9-5-2-6-10-12;2*1-7-5-3-2-4-6-7;8*1-2/h1-10H;2*2-6H,1H3;8*1-2H3. The Morgan fingerprint density at radius 2 is 0.357 bits per heavy atom. The van der Waals surface area contributed by atoms with Crippen LogP contribution in [0.4, 0.5) is 0 Å². The van der Waals surface area contributed by atoms with Gasteiger partial charge in [-0.15, -0.1) is 0 Å². The van der Waals surface area contributed by atoms with E-state index in [0.717, 1.165) is 0 Å². The fraction of sp³-hybridized carbons (Fsp3) is 0.429. The molecule has 0 amide bonds. The second kappa shape index (κ2) is 61.8. The van der Waals surface area contributed by atoms with Crippen LogP contribution >= 0.6 is 0 Å². The van der Waals surface area contributed by atoms with E-state index in [2.05, 4.69) is 86.6 Å². The lowest BCUT2D eigenvalue weighted by Crippen LogP contribution is -1.73. The van der Waals surface area contributed by atoms with E-state index in [0.29, 0.717) is 0 Å². The maximum Gasteiger partial charge on any atom is -0.0184 e. The molecule has 0 aliphatic carbocycles. The summed E-state index contributed by atoms with van der Waals surface area (Å²) in [7, 11) is 0. The number of aryl methyl sites for hydroxylation is 2. The summed E-state index contributed by atoms with van der Waals surface area (Å²) in [4.78, 5) is 0. The molecular formula is C42H74. The van der Waals surface area contributed by atoms with Crippen LogP contribution in [0.2, 0.25) is 0 Å². The van der Waals surface area contributed by atoms with Gasteiger partial charge in [-0.05, 0) is 25.0 Å². The SMILES string of the molecule is CC.CC.CC.CC.CC.CC.CC.CC.Cc1ccccc1.Cc1ccccc1.c1ccc(-c2ccccc2)cc1. The fourth-order valence-corrected chi connectivity index (χ4v) is 2.33. The molecule has 0 radical (unpaired) electrons. The van der Waals surface area contributed by atoms with Crippen LogP contribution in [0.5, 0.6) is 0 Å². The first kappa shape index (κ1) is 54.9. The topological polar surface area (TPSA) is 0 Å². The predicted molar refractivity (Wildman–Crippen MR) is 205 cm³/mol. The van der Waals surface area contributed by atoms with Crippen LogP contribution in [0.15, 0.2) is 121 Å². The van der Waals surface area contributed by atoms with Crippen LogP contribution in [-0.2, 0) is 0 Å². The quantitative estimate of drug-likeness (QED) is 0.211. The van der Waals surface area contributed by atoms with Crippen molar-refractivity contribution in [1.29, 1.82) is 0 Å². The molecule has 4 aromatic rings. The van der Waals surface area contributed by atoms with Gasteiger partial charge in [-0.3, -0.25) is 0 Å². The van der Waals surface area contributed by atoms with Crippen LogP contribution < -0.4 is 0 Å². The van der Waals surface area contributed by atoms with Crippen molar-refractivity contribution in [2.24, 2.45) is 0 Å². The Balaban J connectivity index is -0.0000000723. The Labute approximate surface area is 267 Å². The van der Waals surface area contributed by atoms with Gasteiger partial charge in [-0.2, -0.15) is 0 Å². The zero-order valence-electron chi connectivity index (χ0n) is 31.5. The molecule has 0 bridgehead atoms. The molecule has 4 aromatic carbocycles. The Morgan fingerprint density at radius 3 is 0.476 bits per heavy atom. The van der Waals surface area contributed by atoms with Gasteiger partial charge in [-0.25, -0.2) is 0 Å². The van der Waals surface area contributed by atoms with Gasteiger partial charge in [0, 0.05) is 0 Å². The minimum absolute atomic E-state index is 1.28. The summed E-state index contributed by atoms with van der Waals surface area (Å²) in [5.41, 5.74) is 5.20. The molecular weight excluding hydrogens is 504 g/mol. The molecule has 0 nitrogen and oxygen atoms in total. The lowest BCUT2D eigenvalue weighted by atomic mass is 10.1. The summed E-state index contributed by atoms with van der Waals surface area (Å²) in [5, 5.41) is 0. The minimum Gasteiger partial charge on any atom is -0.0683 e. The lowest BCUT2D eigenvalue weighted by Gasteiger charge is -1.98. The Bertz CT molecular complexity index is 745. The van der Waals surface area contributed by atoms with Gasteiger partial charge < -0.3 is 0 Å². The Morgan fingerprint density at radius 1 is 0.214 bits per heavy atom. The van der Waals surface area contributed by atoms with Gasteiger partial charge in [0.1, 0.15) is 0 Å². The molecule has 0 atom stereocenters. The molecule has 4 rings (SSSR count). The van der Waals surface area contributed by atoms with E-state index in [1.54, 1.807) is 0 Å². The van der Waals surface area contributed by atoms with Crippen LogP contribution in [-0.4, -0.2) is 0 Å². The zero-order chi connectivity index (χ0) is 34.5. The minimum atomic E-state index is 1.28. The van der Waals surface area contributed by atoms with Crippen molar-refractivity contribution in [1.82, 2.24) is 0 Å². The second-order valence-corrected chi connectivity index (χ2v) is 6.04. The molecule has 0 saturated carbocycles. The van der Waals surface area contributed by atoms with Crippen molar-refractivity contribution in [3.63, 3.8) is 0 Å². The van der Waals surface area contributed by atoms with Crippen molar-refractivity contribution in [2.75, 3.05) is 0 Å². The normalized spacial score (nSPS) is 6.81. The van der Waals surface area contributed by atoms with Gasteiger partial charge in [0.05, 0.1) is 0 Å². The molecule has 0 aliphatic rings. The van der Waals surface area contributed by atoms with Gasteiger partial charge in [0.15, 0.2) is 0 Å². The summed E-state index contributed by atoms with van der Waals surface area (Å²) in [6.45, 7) is 36.2. The largest absolute Gasteiger partial charge is 0.0683 e. The van der Waals surface area contributed by atoms with E-state index in [1.807, 2.05) is 159 Å². The van der Waals surface area contributed by atoms with E-state index >= 15 is 0 Å². The average molecular weight is 579 g/mol. The fourth-order valence-electron chi connectivity index (χ4n) is 2.33. The number of hydrogen-bond donors (Lipinski definition) is 0. The molecule has 0 heterocycles. The van der Waals surface area contributed by atoms with Crippen LogP contribution in [0.1, 0.15) is 122 Å². The zero-order valence-corrected chi connectivity index (χ0v) is 31.5. The Kier molecular flexibility index (Phi) is 80.7. The van der Waals surface area contributed by atoms with Crippen molar-refractivity contribution < 1.29 is 0 Å². The van der Waals surface area contributed by atoms with Crippen molar-refractivity contribution >= 4 is 0 Å². The summed E-state index contributed by atoms with van der Waals surface area (Å²) in [5.74, 6) is 0. The molecule has 0 N–H and O–H groups in total. The van der Waals surface area contributed by atoms with Gasteiger partial charge in [0.25, 0.3) is 0 Å². The first-order valence-corrected chi connectivity index (χ1v) is 16.9. The number of benzene rings is 4. The first-order valence-electron chi connectivity index (χ1n) is 16.9. The third-order valence-electron chi connectivity index (χ3n) is 3.76. The highest BCUT2D eigenvalue weighted by Gasteiger charge is 1.91. The molecule has 242 valence electrons. The third kappa shape index (κ3) is 43.9. The summed E-state index contributed by atoms with van der Waals surface area (Å²) in [6, 6.07) is 41.3. The molecule has 0 unspecified atom stereocenters. The van der Waals surface area contributed by atoms with Crippen LogP contribution in [0.3, 0.4) is 0 Å². The summed E-state index contributed by atoms with van der Waals surface area (Å²) < 4.78 is 0. The van der Waals surface area contributed by atoms with E-state index in [1.165, 1.54) is 22.3 Å². The van der Waals surface area contributed by atoms with Crippen molar-refractivity contribution in [3.05, 3.63) is 132 Å². The molecule has 0 heteroatoms. The second-order valence-electron chi connectivity index (χ2n) is 6.04. The average Bonchev–Trinajstić information content (AvgIpc) is 3.14. The third-order valence-corrected chi connectivity index (χ3v) is 3.76. The lowest BCUT2D eigenvalue weighted by molar-refractivity contribution is 1.48. The Hall–Kier alpha value is -3.12. The van der Waals surface area contributed by atoms with E-state index in [-0.39, 0.29) is 0 Å². The van der Waals surface area contributed by atoms with Crippen LogP contribution in [0.25, 0.3) is 11.1 Å². The molecule has 0 fully saturated rings. The maximum atomic E-state index is 2.12. The highest BCUT2D eigenvalue weighted by atomic mass is 14.0. The van der Waals surface area contributed by atoms with E-state index in [9.17, 15) is 0 Å². The number of rotatable bonds is 1. The highest BCUT2D eigenvalue weighted by Crippen LogP contribution is 2.17. The molecule has 42 heavy (non-hydrogen) atoms. The maximum absolute atomic E-state index is 2.12. The molecule has 0 saturated heterocycles. The van der Waals surface area contributed by atoms with Gasteiger partial charge in [0.2, 0.25) is 0 Å². The van der Waals surface area contributed by atoms with Gasteiger partial charge >= 0.3 is 0 Å². The highest BCUT2D eigenvalue weighted by molar-refractivity contribution is 5.62. The molecule has 0 aliphatic heterocycles. The smallest absolute Gasteiger partial charge is 0.0184 e. The number of hydrogen-bond acceptors (Lipinski definition) is 0.